The Balaban J connectivity index is 2.09. The fraction of sp³-hybridized carbons (Fsp3) is 0.636. The van der Waals surface area contributed by atoms with E-state index in [9.17, 15) is 4.79 Å². The van der Waals surface area contributed by atoms with E-state index < -0.39 is 0 Å². The van der Waals surface area contributed by atoms with Crippen molar-refractivity contribution in [2.45, 2.75) is 26.1 Å². The minimum absolute atomic E-state index is 0.0115. The van der Waals surface area contributed by atoms with Gasteiger partial charge in [0.2, 0.25) is 0 Å². The average molecular weight is 223 g/mol. The van der Waals surface area contributed by atoms with Crippen molar-refractivity contribution in [1.29, 1.82) is 0 Å². The molecule has 1 aliphatic rings. The van der Waals surface area contributed by atoms with Gasteiger partial charge in [0.25, 0.3) is 5.91 Å². The predicted molar refractivity (Wildman–Crippen MR) is 59.1 cm³/mol. The van der Waals surface area contributed by atoms with Crippen LogP contribution in [0.4, 0.5) is 0 Å². The molecule has 5 heteroatoms. The van der Waals surface area contributed by atoms with Crippen LogP contribution in [0, 0.1) is 0 Å². The van der Waals surface area contributed by atoms with Gasteiger partial charge in [-0.2, -0.15) is 5.10 Å². The molecule has 2 heterocycles. The maximum absolute atomic E-state index is 12.1. The number of aromatic nitrogens is 2. The number of nitrogens with zero attached hydrogens (tertiary/aromatic N) is 3. The molecule has 16 heavy (non-hydrogen) atoms. The van der Waals surface area contributed by atoms with Crippen molar-refractivity contribution in [1.82, 2.24) is 14.7 Å². The van der Waals surface area contributed by atoms with Gasteiger partial charge in [-0.15, -0.1) is 0 Å². The van der Waals surface area contributed by atoms with Crippen LogP contribution in [0.15, 0.2) is 12.3 Å². The first-order valence-electron chi connectivity index (χ1n) is 5.50. The molecule has 0 radical (unpaired) electrons. The molecule has 1 saturated heterocycles. The molecule has 0 bridgehead atoms. The first-order valence-corrected chi connectivity index (χ1v) is 5.50. The second kappa shape index (κ2) is 4.25. The number of hydrogen-bond donors (Lipinski definition) is 0. The summed E-state index contributed by atoms with van der Waals surface area (Å²) < 4.78 is 7.23. The summed E-state index contributed by atoms with van der Waals surface area (Å²) in [5.74, 6) is -0.0115. The lowest BCUT2D eigenvalue weighted by Gasteiger charge is -2.34. The van der Waals surface area contributed by atoms with Crippen molar-refractivity contribution in [3.05, 3.63) is 18.0 Å². The number of ether oxygens (including phenoxy) is 1. The Morgan fingerprint density at radius 1 is 1.44 bits per heavy atom. The SMILES string of the molecule is C[C@@H]1CN(C(=O)c2ccn(C)n2)C[C@H](C)O1. The van der Waals surface area contributed by atoms with E-state index >= 15 is 0 Å². The van der Waals surface area contributed by atoms with Crippen molar-refractivity contribution in [3.8, 4) is 0 Å². The molecule has 1 aromatic heterocycles. The smallest absolute Gasteiger partial charge is 0.274 e. The van der Waals surface area contributed by atoms with Gasteiger partial charge in [-0.25, -0.2) is 0 Å². The minimum Gasteiger partial charge on any atom is -0.372 e. The van der Waals surface area contributed by atoms with Crippen molar-refractivity contribution in [3.63, 3.8) is 0 Å². The second-order valence-electron chi connectivity index (χ2n) is 4.34. The topological polar surface area (TPSA) is 47.4 Å². The minimum atomic E-state index is -0.0115. The Morgan fingerprint density at radius 2 is 2.06 bits per heavy atom. The summed E-state index contributed by atoms with van der Waals surface area (Å²) in [5.41, 5.74) is 0.504. The monoisotopic (exact) mass is 223 g/mol. The van der Waals surface area contributed by atoms with Gasteiger partial charge < -0.3 is 9.64 Å². The summed E-state index contributed by atoms with van der Waals surface area (Å²) >= 11 is 0. The number of carbonyl (C=O) groups is 1. The van der Waals surface area contributed by atoms with Crippen LogP contribution in [0.2, 0.25) is 0 Å². The molecule has 0 spiro atoms. The van der Waals surface area contributed by atoms with Crippen LogP contribution >= 0.6 is 0 Å². The Bertz CT molecular complexity index is 378. The highest BCUT2D eigenvalue weighted by Crippen LogP contribution is 2.13. The van der Waals surface area contributed by atoms with E-state index in [0.29, 0.717) is 18.8 Å². The molecule has 1 aromatic rings. The zero-order valence-corrected chi connectivity index (χ0v) is 9.88. The van der Waals surface area contributed by atoms with Crippen molar-refractivity contribution >= 4 is 5.91 Å². The fourth-order valence-electron chi connectivity index (χ4n) is 2.03. The van der Waals surface area contributed by atoms with E-state index in [-0.39, 0.29) is 18.1 Å². The number of morpholine rings is 1. The summed E-state index contributed by atoms with van der Waals surface area (Å²) in [4.78, 5) is 13.9. The molecule has 1 fully saturated rings. The molecule has 0 N–H and O–H groups in total. The van der Waals surface area contributed by atoms with E-state index in [2.05, 4.69) is 5.10 Å². The molecular weight excluding hydrogens is 206 g/mol. The molecular formula is C11H17N3O2. The van der Waals surface area contributed by atoms with Crippen LogP contribution in [0.3, 0.4) is 0 Å². The Kier molecular flexibility index (Phi) is 2.96. The highest BCUT2D eigenvalue weighted by molar-refractivity contribution is 5.92. The number of hydrogen-bond acceptors (Lipinski definition) is 3. The number of carbonyl (C=O) groups excluding carboxylic acids is 1. The predicted octanol–water partition coefficient (Wildman–Crippen LogP) is 0.669. The van der Waals surface area contributed by atoms with E-state index in [0.717, 1.165) is 0 Å². The maximum Gasteiger partial charge on any atom is 0.274 e. The fourth-order valence-corrected chi connectivity index (χ4v) is 2.03. The van der Waals surface area contributed by atoms with E-state index in [1.54, 1.807) is 28.9 Å². The average Bonchev–Trinajstić information content (AvgIpc) is 2.62. The van der Waals surface area contributed by atoms with E-state index in [1.165, 1.54) is 0 Å². The van der Waals surface area contributed by atoms with Gasteiger partial charge in [0.1, 0.15) is 5.69 Å². The summed E-state index contributed by atoms with van der Waals surface area (Å²) in [6, 6.07) is 1.74. The molecule has 0 saturated carbocycles. The maximum atomic E-state index is 12.1. The van der Waals surface area contributed by atoms with E-state index in [4.69, 9.17) is 4.74 Å². The molecule has 5 nitrogen and oxygen atoms in total. The van der Waals surface area contributed by atoms with Gasteiger partial charge in [-0.1, -0.05) is 0 Å². The lowest BCUT2D eigenvalue weighted by atomic mass is 10.2. The van der Waals surface area contributed by atoms with Gasteiger partial charge in [-0.05, 0) is 19.9 Å². The van der Waals surface area contributed by atoms with E-state index in [1.807, 2.05) is 13.8 Å². The molecule has 1 aliphatic heterocycles. The first-order chi connectivity index (χ1) is 7.56. The largest absolute Gasteiger partial charge is 0.372 e. The first kappa shape index (κ1) is 11.1. The van der Waals surface area contributed by atoms with Crippen molar-refractivity contribution < 1.29 is 9.53 Å². The van der Waals surface area contributed by atoms with Crippen LogP contribution in [0.1, 0.15) is 24.3 Å². The molecule has 1 amide bonds. The quantitative estimate of drug-likeness (QED) is 0.703. The molecule has 0 aromatic carbocycles. The van der Waals surface area contributed by atoms with Crippen molar-refractivity contribution in [2.75, 3.05) is 13.1 Å². The van der Waals surface area contributed by atoms with Crippen LogP contribution in [-0.4, -0.2) is 45.9 Å². The van der Waals surface area contributed by atoms with Crippen LogP contribution in [-0.2, 0) is 11.8 Å². The molecule has 0 aliphatic carbocycles. The van der Waals surface area contributed by atoms with Crippen LogP contribution in [0.25, 0.3) is 0 Å². The summed E-state index contributed by atoms with van der Waals surface area (Å²) in [7, 11) is 1.81. The second-order valence-corrected chi connectivity index (χ2v) is 4.34. The van der Waals surface area contributed by atoms with Gasteiger partial charge in [0.15, 0.2) is 0 Å². The highest BCUT2D eigenvalue weighted by atomic mass is 16.5. The lowest BCUT2D eigenvalue weighted by molar-refractivity contribution is -0.0587. The van der Waals surface area contributed by atoms with Gasteiger partial charge >= 0.3 is 0 Å². The zero-order valence-electron chi connectivity index (χ0n) is 9.88. The third-order valence-corrected chi connectivity index (χ3v) is 2.64. The molecule has 2 atom stereocenters. The summed E-state index contributed by atoms with van der Waals surface area (Å²) in [5, 5.41) is 4.12. The zero-order chi connectivity index (χ0) is 11.7. The molecule has 0 unspecified atom stereocenters. The molecule has 2 rings (SSSR count). The molecule has 88 valence electrons. The number of amides is 1. The summed E-state index contributed by atoms with van der Waals surface area (Å²) in [6.07, 6.45) is 1.97. The standard InChI is InChI=1S/C11H17N3O2/c1-8-6-14(7-9(2)16-8)11(15)10-4-5-13(3)12-10/h4-5,8-9H,6-7H2,1-3H3/t8-,9+. The lowest BCUT2D eigenvalue weighted by Crippen LogP contribution is -2.48. The summed E-state index contributed by atoms with van der Waals surface area (Å²) in [6.45, 7) is 5.24. The van der Waals surface area contributed by atoms with Gasteiger partial charge in [0, 0.05) is 26.3 Å². The Hall–Kier alpha value is -1.36. The number of aryl methyl sites for hydroxylation is 1. The van der Waals surface area contributed by atoms with Gasteiger partial charge in [-0.3, -0.25) is 9.48 Å². The van der Waals surface area contributed by atoms with Gasteiger partial charge in [0.05, 0.1) is 12.2 Å². The third kappa shape index (κ3) is 2.24. The third-order valence-electron chi connectivity index (χ3n) is 2.64. The van der Waals surface area contributed by atoms with Crippen LogP contribution in [0.5, 0.6) is 0 Å². The van der Waals surface area contributed by atoms with Crippen LogP contribution < -0.4 is 0 Å². The van der Waals surface area contributed by atoms with Crippen molar-refractivity contribution in [2.24, 2.45) is 7.05 Å². The number of rotatable bonds is 1. The Morgan fingerprint density at radius 3 is 2.56 bits per heavy atom. The Labute approximate surface area is 95.0 Å². The highest BCUT2D eigenvalue weighted by Gasteiger charge is 2.27. The normalized spacial score (nSPS) is 25.8.